The third-order valence-electron chi connectivity index (χ3n) is 4.42. The summed E-state index contributed by atoms with van der Waals surface area (Å²) in [6.07, 6.45) is 2.72. The van der Waals surface area contributed by atoms with Crippen molar-refractivity contribution in [2.24, 2.45) is 0 Å². The number of piperidine rings is 1. The second kappa shape index (κ2) is 8.10. The van der Waals surface area contributed by atoms with Crippen molar-refractivity contribution in [3.05, 3.63) is 36.0 Å². The van der Waals surface area contributed by atoms with Crippen LogP contribution in [0.25, 0.3) is 0 Å². The Hall–Kier alpha value is -2.39. The van der Waals surface area contributed by atoms with E-state index in [1.165, 1.54) is 11.4 Å². The molecule has 0 spiro atoms. The van der Waals surface area contributed by atoms with Gasteiger partial charge in [-0.05, 0) is 43.5 Å². The lowest BCUT2D eigenvalue weighted by Crippen LogP contribution is -2.44. The van der Waals surface area contributed by atoms with E-state index in [0.29, 0.717) is 24.6 Å². The summed E-state index contributed by atoms with van der Waals surface area (Å²) >= 11 is 0. The van der Waals surface area contributed by atoms with Crippen LogP contribution < -0.4 is 14.2 Å². The number of hydrogen-bond donors (Lipinski definition) is 0. The zero-order valence-corrected chi connectivity index (χ0v) is 16.4. The van der Waals surface area contributed by atoms with E-state index in [0.717, 1.165) is 12.0 Å². The van der Waals surface area contributed by atoms with Gasteiger partial charge in [-0.25, -0.2) is 13.4 Å². The summed E-state index contributed by atoms with van der Waals surface area (Å²) in [6, 6.07) is 6.71. The molecule has 1 fully saturated rings. The molecule has 2 heterocycles. The fourth-order valence-electron chi connectivity index (χ4n) is 3.04. The Morgan fingerprint density at radius 2 is 2.00 bits per heavy atom. The van der Waals surface area contributed by atoms with Gasteiger partial charge >= 0.3 is 6.01 Å². The first-order valence-corrected chi connectivity index (χ1v) is 10.1. The summed E-state index contributed by atoms with van der Waals surface area (Å²) in [5, 5.41) is 0. The summed E-state index contributed by atoms with van der Waals surface area (Å²) in [6.45, 7) is 2.54. The predicted molar refractivity (Wildman–Crippen MR) is 98.7 cm³/mol. The van der Waals surface area contributed by atoms with Crippen LogP contribution >= 0.6 is 0 Å². The average molecular weight is 393 g/mol. The minimum absolute atomic E-state index is 0.210. The van der Waals surface area contributed by atoms with Gasteiger partial charge in [0.05, 0.1) is 25.7 Å². The van der Waals surface area contributed by atoms with Crippen LogP contribution in [0.4, 0.5) is 0 Å². The molecule has 0 aliphatic carbocycles. The van der Waals surface area contributed by atoms with Gasteiger partial charge in [0.1, 0.15) is 11.9 Å². The molecule has 1 aliphatic heterocycles. The van der Waals surface area contributed by atoms with E-state index in [1.54, 1.807) is 37.6 Å². The molecule has 0 amide bonds. The van der Waals surface area contributed by atoms with E-state index in [4.69, 9.17) is 14.2 Å². The summed E-state index contributed by atoms with van der Waals surface area (Å²) in [5.74, 6) is 1.03. The number of nitrogens with zero attached hydrogens (tertiary/aromatic N) is 3. The van der Waals surface area contributed by atoms with Crippen molar-refractivity contribution < 1.29 is 22.6 Å². The molecule has 0 N–H and O–H groups in total. The zero-order chi connectivity index (χ0) is 19.4. The molecule has 1 aliphatic rings. The molecule has 0 saturated carbocycles. The normalized spacial score (nSPS) is 18.1. The number of hydrogen-bond acceptors (Lipinski definition) is 7. The monoisotopic (exact) mass is 393 g/mol. The molecule has 1 unspecified atom stereocenters. The third-order valence-corrected chi connectivity index (χ3v) is 6.28. The van der Waals surface area contributed by atoms with Crippen LogP contribution in [-0.4, -0.2) is 56.1 Å². The van der Waals surface area contributed by atoms with Crippen molar-refractivity contribution in [3.8, 4) is 17.6 Å². The number of methoxy groups -OCH3 is 2. The molecule has 1 atom stereocenters. The van der Waals surface area contributed by atoms with Crippen molar-refractivity contribution in [3.63, 3.8) is 0 Å². The van der Waals surface area contributed by atoms with Crippen LogP contribution in [0.2, 0.25) is 0 Å². The minimum Gasteiger partial charge on any atom is -0.496 e. The lowest BCUT2D eigenvalue weighted by atomic mass is 10.1. The Labute approximate surface area is 159 Å². The smallest absolute Gasteiger partial charge is 0.319 e. The van der Waals surface area contributed by atoms with E-state index in [-0.39, 0.29) is 23.6 Å². The Bertz CT molecular complexity index is 904. The van der Waals surface area contributed by atoms with Gasteiger partial charge in [-0.15, -0.1) is 0 Å². The molecular weight excluding hydrogens is 370 g/mol. The molecule has 3 rings (SSSR count). The van der Waals surface area contributed by atoms with Gasteiger partial charge in [0.25, 0.3) is 0 Å². The van der Waals surface area contributed by atoms with E-state index in [2.05, 4.69) is 9.97 Å². The number of benzene rings is 1. The van der Waals surface area contributed by atoms with Crippen molar-refractivity contribution in [2.75, 3.05) is 27.3 Å². The highest BCUT2D eigenvalue weighted by Crippen LogP contribution is 2.26. The molecule has 1 saturated heterocycles. The number of sulfonamides is 1. The quantitative estimate of drug-likeness (QED) is 0.742. The van der Waals surface area contributed by atoms with Gasteiger partial charge in [0.2, 0.25) is 15.9 Å². The van der Waals surface area contributed by atoms with Crippen molar-refractivity contribution >= 4 is 10.0 Å². The summed E-state index contributed by atoms with van der Waals surface area (Å²) in [5.41, 5.74) is 0.775. The standard InChI is InChI=1S/C18H23N3O5S/c1-13-11-15(6-7-16(13)24-2)27(22,23)21-10-4-5-14(12-21)26-17-8-9-19-18(20-17)25-3/h6-9,11,14H,4-5,10,12H2,1-3H3. The van der Waals surface area contributed by atoms with Gasteiger partial charge in [0.15, 0.2) is 0 Å². The van der Waals surface area contributed by atoms with Crippen molar-refractivity contribution in [1.29, 1.82) is 0 Å². The molecule has 9 heteroatoms. The predicted octanol–water partition coefficient (Wildman–Crippen LogP) is 2.03. The Morgan fingerprint density at radius 1 is 1.19 bits per heavy atom. The van der Waals surface area contributed by atoms with Gasteiger partial charge in [-0.3, -0.25) is 0 Å². The number of aromatic nitrogens is 2. The zero-order valence-electron chi connectivity index (χ0n) is 15.6. The Balaban J connectivity index is 1.75. The molecule has 0 radical (unpaired) electrons. The lowest BCUT2D eigenvalue weighted by Gasteiger charge is -2.31. The second-order valence-corrected chi connectivity index (χ2v) is 8.20. The van der Waals surface area contributed by atoms with E-state index < -0.39 is 10.0 Å². The molecule has 8 nitrogen and oxygen atoms in total. The average Bonchev–Trinajstić information content (AvgIpc) is 2.68. The number of rotatable bonds is 6. The van der Waals surface area contributed by atoms with Crippen LogP contribution in [0.3, 0.4) is 0 Å². The van der Waals surface area contributed by atoms with Crippen molar-refractivity contribution in [2.45, 2.75) is 30.8 Å². The second-order valence-electron chi connectivity index (χ2n) is 6.26. The van der Waals surface area contributed by atoms with Crippen LogP contribution in [0.1, 0.15) is 18.4 Å². The van der Waals surface area contributed by atoms with Crippen LogP contribution in [0.15, 0.2) is 35.4 Å². The topological polar surface area (TPSA) is 90.9 Å². The molecule has 146 valence electrons. The third kappa shape index (κ3) is 4.30. The SMILES string of the molecule is COc1nccc(OC2CCCN(S(=O)(=O)c3ccc(OC)c(C)c3)C2)n1. The summed E-state index contributed by atoms with van der Waals surface area (Å²) in [4.78, 5) is 8.32. The highest BCUT2D eigenvalue weighted by molar-refractivity contribution is 7.89. The molecule has 1 aromatic carbocycles. The first-order valence-electron chi connectivity index (χ1n) is 8.62. The van der Waals surface area contributed by atoms with Gasteiger partial charge in [-0.2, -0.15) is 9.29 Å². The molecular formula is C18H23N3O5S. The lowest BCUT2D eigenvalue weighted by molar-refractivity contribution is 0.123. The summed E-state index contributed by atoms with van der Waals surface area (Å²) in [7, 11) is -0.569. The minimum atomic E-state index is -3.61. The molecule has 27 heavy (non-hydrogen) atoms. The molecule has 1 aromatic heterocycles. The Kier molecular flexibility index (Phi) is 5.81. The fraction of sp³-hybridized carbons (Fsp3) is 0.444. The van der Waals surface area contributed by atoms with E-state index in [1.807, 2.05) is 6.92 Å². The Morgan fingerprint density at radius 3 is 2.70 bits per heavy atom. The number of aryl methyl sites for hydroxylation is 1. The highest BCUT2D eigenvalue weighted by Gasteiger charge is 2.31. The maximum absolute atomic E-state index is 13.0. The van der Waals surface area contributed by atoms with Crippen LogP contribution in [0.5, 0.6) is 17.6 Å². The van der Waals surface area contributed by atoms with E-state index in [9.17, 15) is 8.42 Å². The summed E-state index contributed by atoms with van der Waals surface area (Å²) < 4.78 is 43.6. The largest absolute Gasteiger partial charge is 0.496 e. The van der Waals surface area contributed by atoms with Crippen LogP contribution in [-0.2, 0) is 10.0 Å². The van der Waals surface area contributed by atoms with Gasteiger partial charge < -0.3 is 14.2 Å². The number of ether oxygens (including phenoxy) is 3. The van der Waals surface area contributed by atoms with Crippen molar-refractivity contribution in [1.82, 2.24) is 14.3 Å². The molecule has 0 bridgehead atoms. The van der Waals surface area contributed by atoms with Gasteiger partial charge in [-0.1, -0.05) is 0 Å². The fourth-order valence-corrected chi connectivity index (χ4v) is 4.64. The maximum atomic E-state index is 13.0. The highest BCUT2D eigenvalue weighted by atomic mass is 32.2. The van der Waals surface area contributed by atoms with E-state index >= 15 is 0 Å². The van der Waals surface area contributed by atoms with Gasteiger partial charge in [0, 0.05) is 18.8 Å². The maximum Gasteiger partial charge on any atom is 0.319 e. The molecule has 2 aromatic rings. The first kappa shape index (κ1) is 19.4. The van der Waals surface area contributed by atoms with Crippen LogP contribution in [0, 0.1) is 6.92 Å². The first-order chi connectivity index (χ1) is 12.9.